The zero-order valence-corrected chi connectivity index (χ0v) is 15.4. The van der Waals surface area contributed by atoms with E-state index in [1.165, 1.54) is 0 Å². The second kappa shape index (κ2) is 8.42. The molecule has 0 bridgehead atoms. The lowest BCUT2D eigenvalue weighted by Crippen LogP contribution is -2.13. The van der Waals surface area contributed by atoms with Crippen molar-refractivity contribution < 1.29 is 19.0 Å². The third kappa shape index (κ3) is 4.89. The standard InChI is InChI=1S/C20H25NO4/c1-13(2)12-25-18-9-7-15(11-19(18)24-5)20(22)21-16-10-14(3)6-8-17(16)23-4/h6-11,13H,12H2,1-5H3,(H,21,22). The van der Waals surface area contributed by atoms with Crippen LogP contribution >= 0.6 is 0 Å². The van der Waals surface area contributed by atoms with E-state index in [0.29, 0.717) is 41.0 Å². The van der Waals surface area contributed by atoms with E-state index in [4.69, 9.17) is 14.2 Å². The van der Waals surface area contributed by atoms with E-state index in [-0.39, 0.29) is 5.91 Å². The zero-order valence-electron chi connectivity index (χ0n) is 15.4. The molecular weight excluding hydrogens is 318 g/mol. The minimum atomic E-state index is -0.238. The number of aryl methyl sites for hydroxylation is 1. The van der Waals surface area contributed by atoms with Crippen molar-refractivity contribution in [2.75, 3.05) is 26.1 Å². The van der Waals surface area contributed by atoms with E-state index in [0.717, 1.165) is 5.56 Å². The molecule has 0 spiro atoms. The molecule has 0 heterocycles. The van der Waals surface area contributed by atoms with Crippen LogP contribution in [0.1, 0.15) is 29.8 Å². The van der Waals surface area contributed by atoms with Crippen LogP contribution in [-0.4, -0.2) is 26.7 Å². The fraction of sp³-hybridized carbons (Fsp3) is 0.350. The first-order valence-electron chi connectivity index (χ1n) is 8.21. The van der Waals surface area contributed by atoms with Gasteiger partial charge >= 0.3 is 0 Å². The van der Waals surface area contributed by atoms with Gasteiger partial charge in [0, 0.05) is 5.56 Å². The number of methoxy groups -OCH3 is 2. The van der Waals surface area contributed by atoms with Gasteiger partial charge in [-0.1, -0.05) is 19.9 Å². The Hall–Kier alpha value is -2.69. The molecule has 1 amide bonds. The summed E-state index contributed by atoms with van der Waals surface area (Å²) in [5.74, 6) is 1.94. The molecule has 2 aromatic rings. The Bertz CT molecular complexity index is 740. The number of hydrogen-bond donors (Lipinski definition) is 1. The van der Waals surface area contributed by atoms with Crippen molar-refractivity contribution >= 4 is 11.6 Å². The molecule has 134 valence electrons. The van der Waals surface area contributed by atoms with Gasteiger partial charge in [-0.2, -0.15) is 0 Å². The van der Waals surface area contributed by atoms with E-state index < -0.39 is 0 Å². The van der Waals surface area contributed by atoms with Crippen molar-refractivity contribution in [1.29, 1.82) is 0 Å². The predicted octanol–water partition coefficient (Wildman–Crippen LogP) is 4.30. The maximum Gasteiger partial charge on any atom is 0.255 e. The van der Waals surface area contributed by atoms with Gasteiger partial charge in [-0.3, -0.25) is 4.79 Å². The Balaban J connectivity index is 2.21. The molecule has 0 aliphatic rings. The highest BCUT2D eigenvalue weighted by molar-refractivity contribution is 6.05. The number of hydrogen-bond acceptors (Lipinski definition) is 4. The molecule has 0 radical (unpaired) electrons. The fourth-order valence-corrected chi connectivity index (χ4v) is 2.30. The third-order valence-corrected chi connectivity index (χ3v) is 3.60. The number of anilines is 1. The van der Waals surface area contributed by atoms with Gasteiger partial charge in [0.15, 0.2) is 11.5 Å². The van der Waals surface area contributed by atoms with Gasteiger partial charge in [-0.15, -0.1) is 0 Å². The van der Waals surface area contributed by atoms with Crippen molar-refractivity contribution in [2.45, 2.75) is 20.8 Å². The van der Waals surface area contributed by atoms with Crippen LogP contribution in [0.25, 0.3) is 0 Å². The van der Waals surface area contributed by atoms with Crippen LogP contribution < -0.4 is 19.5 Å². The first-order chi connectivity index (χ1) is 11.9. The SMILES string of the molecule is COc1ccc(C)cc1NC(=O)c1ccc(OCC(C)C)c(OC)c1. The summed E-state index contributed by atoms with van der Waals surface area (Å²) in [5, 5.41) is 2.88. The number of carbonyl (C=O) groups is 1. The first kappa shape index (κ1) is 18.6. The van der Waals surface area contributed by atoms with Gasteiger partial charge in [0.1, 0.15) is 5.75 Å². The van der Waals surface area contributed by atoms with Gasteiger partial charge in [0.2, 0.25) is 0 Å². The average Bonchev–Trinajstić information content (AvgIpc) is 2.59. The largest absolute Gasteiger partial charge is 0.495 e. The molecule has 1 N–H and O–H groups in total. The highest BCUT2D eigenvalue weighted by atomic mass is 16.5. The van der Waals surface area contributed by atoms with Gasteiger partial charge in [0.25, 0.3) is 5.91 Å². The summed E-state index contributed by atoms with van der Waals surface area (Å²) in [6, 6.07) is 10.8. The molecular formula is C20H25NO4. The topological polar surface area (TPSA) is 56.8 Å². The number of amides is 1. The van der Waals surface area contributed by atoms with Crippen LogP contribution in [0.5, 0.6) is 17.2 Å². The molecule has 0 unspecified atom stereocenters. The Labute approximate surface area is 148 Å². The molecule has 0 aromatic heterocycles. The van der Waals surface area contributed by atoms with Crippen LogP contribution in [0.15, 0.2) is 36.4 Å². The molecule has 0 saturated carbocycles. The smallest absolute Gasteiger partial charge is 0.255 e. The molecule has 0 aliphatic carbocycles. The summed E-state index contributed by atoms with van der Waals surface area (Å²) in [5.41, 5.74) is 2.15. The zero-order chi connectivity index (χ0) is 18.4. The summed E-state index contributed by atoms with van der Waals surface area (Å²) in [6.45, 7) is 6.69. The molecule has 25 heavy (non-hydrogen) atoms. The van der Waals surface area contributed by atoms with Crippen molar-refractivity contribution in [3.63, 3.8) is 0 Å². The Morgan fingerprint density at radius 3 is 2.32 bits per heavy atom. The quantitative estimate of drug-likeness (QED) is 0.814. The monoisotopic (exact) mass is 343 g/mol. The van der Waals surface area contributed by atoms with Gasteiger partial charge < -0.3 is 19.5 Å². The molecule has 0 fully saturated rings. The van der Waals surface area contributed by atoms with E-state index in [1.807, 2.05) is 25.1 Å². The van der Waals surface area contributed by atoms with E-state index in [1.54, 1.807) is 32.4 Å². The summed E-state index contributed by atoms with van der Waals surface area (Å²) in [4.78, 5) is 12.6. The van der Waals surface area contributed by atoms with Crippen LogP contribution in [0, 0.1) is 12.8 Å². The molecule has 0 atom stereocenters. The molecule has 5 nitrogen and oxygen atoms in total. The van der Waals surface area contributed by atoms with Crippen LogP contribution in [-0.2, 0) is 0 Å². The third-order valence-electron chi connectivity index (χ3n) is 3.60. The Morgan fingerprint density at radius 2 is 1.68 bits per heavy atom. The summed E-state index contributed by atoms with van der Waals surface area (Å²) in [7, 11) is 3.13. The van der Waals surface area contributed by atoms with Gasteiger partial charge in [-0.25, -0.2) is 0 Å². The Morgan fingerprint density at radius 1 is 1.00 bits per heavy atom. The summed E-state index contributed by atoms with van der Waals surface area (Å²) >= 11 is 0. The predicted molar refractivity (Wildman–Crippen MR) is 99.0 cm³/mol. The van der Waals surface area contributed by atoms with E-state index in [9.17, 15) is 4.79 Å². The van der Waals surface area contributed by atoms with Crippen molar-refractivity contribution in [1.82, 2.24) is 0 Å². The number of nitrogens with one attached hydrogen (secondary N) is 1. The normalized spacial score (nSPS) is 10.5. The summed E-state index contributed by atoms with van der Waals surface area (Å²) in [6.07, 6.45) is 0. The van der Waals surface area contributed by atoms with Crippen LogP contribution in [0.4, 0.5) is 5.69 Å². The summed E-state index contributed by atoms with van der Waals surface area (Å²) < 4.78 is 16.4. The van der Waals surface area contributed by atoms with E-state index >= 15 is 0 Å². The maximum atomic E-state index is 12.6. The minimum Gasteiger partial charge on any atom is -0.495 e. The lowest BCUT2D eigenvalue weighted by atomic mass is 10.1. The minimum absolute atomic E-state index is 0.238. The first-order valence-corrected chi connectivity index (χ1v) is 8.21. The molecule has 2 aromatic carbocycles. The molecule has 0 aliphatic heterocycles. The number of carbonyl (C=O) groups excluding carboxylic acids is 1. The van der Waals surface area contributed by atoms with Crippen molar-refractivity contribution in [3.05, 3.63) is 47.5 Å². The number of ether oxygens (including phenoxy) is 3. The van der Waals surface area contributed by atoms with E-state index in [2.05, 4.69) is 19.2 Å². The van der Waals surface area contributed by atoms with Crippen molar-refractivity contribution in [3.8, 4) is 17.2 Å². The van der Waals surface area contributed by atoms with Crippen molar-refractivity contribution in [2.24, 2.45) is 5.92 Å². The lowest BCUT2D eigenvalue weighted by molar-refractivity contribution is 0.102. The lowest BCUT2D eigenvalue weighted by Gasteiger charge is -2.14. The number of benzene rings is 2. The van der Waals surface area contributed by atoms with Crippen LogP contribution in [0.3, 0.4) is 0 Å². The van der Waals surface area contributed by atoms with Crippen LogP contribution in [0.2, 0.25) is 0 Å². The Kier molecular flexibility index (Phi) is 6.28. The van der Waals surface area contributed by atoms with Gasteiger partial charge in [0.05, 0.1) is 26.5 Å². The second-order valence-corrected chi connectivity index (χ2v) is 6.23. The molecule has 5 heteroatoms. The van der Waals surface area contributed by atoms with Gasteiger partial charge in [-0.05, 0) is 48.7 Å². The second-order valence-electron chi connectivity index (χ2n) is 6.23. The number of rotatable bonds is 7. The maximum absolute atomic E-state index is 12.6. The molecule has 2 rings (SSSR count). The average molecular weight is 343 g/mol. The highest BCUT2D eigenvalue weighted by Crippen LogP contribution is 2.30. The highest BCUT2D eigenvalue weighted by Gasteiger charge is 2.14. The molecule has 0 saturated heterocycles. The fourth-order valence-electron chi connectivity index (χ4n) is 2.30.